The first-order chi connectivity index (χ1) is 13.5. The SMILES string of the molecule is O=C1OC(=O)[C@H]2[C@@H]3C=C[C@@H]([C@H]4C[C@@H]34)[C@@H]12.O=C1OC(=O)[C@H]2[C@H]3C=C[C@H]([C@@H]4C[C@H]34)[C@@H]12. The van der Waals surface area contributed by atoms with E-state index in [9.17, 15) is 19.2 Å². The maximum absolute atomic E-state index is 11.5. The van der Waals surface area contributed by atoms with Gasteiger partial charge in [-0.15, -0.1) is 0 Å². The Morgan fingerprint density at radius 3 is 1.00 bits per heavy atom. The number of ether oxygens (including phenoxy) is 2. The van der Waals surface area contributed by atoms with Crippen molar-refractivity contribution >= 4 is 23.9 Å². The molecule has 6 nitrogen and oxygen atoms in total. The Labute approximate surface area is 161 Å². The van der Waals surface area contributed by atoms with Crippen LogP contribution in [0.5, 0.6) is 0 Å². The summed E-state index contributed by atoms with van der Waals surface area (Å²) in [6.07, 6.45) is 11.0. The number of esters is 4. The van der Waals surface area contributed by atoms with Crippen LogP contribution >= 0.6 is 0 Å². The molecule has 2 heterocycles. The van der Waals surface area contributed by atoms with Crippen LogP contribution in [-0.4, -0.2) is 23.9 Å². The van der Waals surface area contributed by atoms with E-state index in [4.69, 9.17) is 9.47 Å². The van der Waals surface area contributed by atoms with E-state index in [2.05, 4.69) is 24.3 Å². The number of rotatable bonds is 0. The topological polar surface area (TPSA) is 86.7 Å². The molecule has 6 fully saturated rings. The van der Waals surface area contributed by atoms with Gasteiger partial charge in [0.25, 0.3) is 0 Å². The molecule has 0 aromatic rings. The Morgan fingerprint density at radius 1 is 0.500 bits per heavy atom. The van der Waals surface area contributed by atoms with Gasteiger partial charge in [0.2, 0.25) is 0 Å². The molecule has 10 rings (SSSR count). The van der Waals surface area contributed by atoms with Crippen LogP contribution in [0.15, 0.2) is 24.3 Å². The lowest BCUT2D eigenvalue weighted by Crippen LogP contribution is -2.40. The maximum atomic E-state index is 11.5. The lowest BCUT2D eigenvalue weighted by Gasteiger charge is -2.36. The zero-order valence-electron chi connectivity index (χ0n) is 15.1. The lowest BCUT2D eigenvalue weighted by atomic mass is 9.63. The Morgan fingerprint density at radius 2 is 0.750 bits per heavy atom. The third kappa shape index (κ3) is 1.75. The molecule has 0 aromatic heterocycles. The quantitative estimate of drug-likeness (QED) is 0.360. The zero-order valence-corrected chi connectivity index (χ0v) is 15.1. The Hall–Kier alpha value is -2.24. The first-order valence-electron chi connectivity index (χ1n) is 10.4. The third-order valence-corrected chi connectivity index (χ3v) is 8.79. The minimum Gasteiger partial charge on any atom is -0.393 e. The van der Waals surface area contributed by atoms with Crippen molar-refractivity contribution in [3.8, 4) is 0 Å². The van der Waals surface area contributed by atoms with Crippen LogP contribution in [0.25, 0.3) is 0 Å². The first kappa shape index (κ1) is 15.7. The van der Waals surface area contributed by atoms with Gasteiger partial charge in [0.05, 0.1) is 23.7 Å². The monoisotopic (exact) mass is 380 g/mol. The Balaban J connectivity index is 0.000000103. The summed E-state index contributed by atoms with van der Waals surface area (Å²) in [5.74, 6) is 2.24. The Bertz CT molecular complexity index is 774. The molecule has 12 atom stereocenters. The predicted molar refractivity (Wildman–Crippen MR) is 91.6 cm³/mol. The molecule has 2 saturated heterocycles. The van der Waals surface area contributed by atoms with Crippen molar-refractivity contribution in [2.24, 2.45) is 71.0 Å². The van der Waals surface area contributed by atoms with Crippen LogP contribution in [-0.2, 0) is 28.7 Å². The van der Waals surface area contributed by atoms with E-state index in [1.807, 2.05) is 0 Å². The standard InChI is InChI=1S/2C11H10O3/c2*12-10-8-4-1-2-5(7-3-6(4)7)9(8)11(13)14-10/h2*1-2,4-9H,3H2/t4-,5+,6+,7-,8+,9-;4-,5+,6+,7-,8-,9+. The van der Waals surface area contributed by atoms with Gasteiger partial charge in [-0.2, -0.15) is 0 Å². The predicted octanol–water partition coefficient (Wildman–Crippen LogP) is 1.51. The minimum atomic E-state index is -0.273. The molecule has 144 valence electrons. The van der Waals surface area contributed by atoms with Crippen molar-refractivity contribution < 1.29 is 28.7 Å². The first-order valence-corrected chi connectivity index (χ1v) is 10.4. The molecule has 8 aliphatic carbocycles. The highest BCUT2D eigenvalue weighted by molar-refractivity contribution is 5.98. The van der Waals surface area contributed by atoms with Gasteiger partial charge in [-0.1, -0.05) is 24.3 Å². The van der Waals surface area contributed by atoms with Crippen molar-refractivity contribution in [1.82, 2.24) is 0 Å². The van der Waals surface area contributed by atoms with Crippen molar-refractivity contribution in [3.63, 3.8) is 0 Å². The molecule has 0 radical (unpaired) electrons. The van der Waals surface area contributed by atoms with Crippen LogP contribution in [0.3, 0.4) is 0 Å². The van der Waals surface area contributed by atoms with Gasteiger partial charge in [0, 0.05) is 0 Å². The van der Waals surface area contributed by atoms with E-state index in [0.717, 1.165) is 0 Å². The van der Waals surface area contributed by atoms with Gasteiger partial charge in [-0.05, 0) is 60.2 Å². The molecule has 0 aromatic carbocycles. The second-order valence-corrected chi connectivity index (χ2v) is 9.79. The number of cyclic esters (lactones) is 4. The highest BCUT2D eigenvalue weighted by Crippen LogP contribution is 2.66. The molecule has 0 unspecified atom stereocenters. The molecule has 0 N–H and O–H groups in total. The molecular weight excluding hydrogens is 360 g/mol. The summed E-state index contributed by atoms with van der Waals surface area (Å²) >= 11 is 0. The second-order valence-electron chi connectivity index (χ2n) is 9.79. The van der Waals surface area contributed by atoms with Crippen LogP contribution in [0, 0.1) is 71.0 Å². The largest absolute Gasteiger partial charge is 0.393 e. The van der Waals surface area contributed by atoms with E-state index < -0.39 is 0 Å². The number of hydrogen-bond acceptors (Lipinski definition) is 6. The number of allylic oxidation sites excluding steroid dienone is 4. The van der Waals surface area contributed by atoms with Gasteiger partial charge in [-0.25, -0.2) is 0 Å². The van der Waals surface area contributed by atoms with Crippen LogP contribution < -0.4 is 0 Å². The fraction of sp³-hybridized carbons (Fsp3) is 0.636. The highest BCUT2D eigenvalue weighted by Gasteiger charge is 2.67. The third-order valence-electron chi connectivity index (χ3n) is 8.79. The van der Waals surface area contributed by atoms with Crippen LogP contribution in [0.4, 0.5) is 0 Å². The smallest absolute Gasteiger partial charge is 0.318 e. The van der Waals surface area contributed by atoms with E-state index in [1.165, 1.54) is 12.8 Å². The normalized spacial score (nSPS) is 56.9. The van der Waals surface area contributed by atoms with Crippen LogP contribution in [0.1, 0.15) is 12.8 Å². The molecule has 4 saturated carbocycles. The minimum absolute atomic E-state index is 0.138. The summed E-state index contributed by atoms with van der Waals surface area (Å²) in [6.45, 7) is 0. The average molecular weight is 380 g/mol. The van der Waals surface area contributed by atoms with Crippen LogP contribution in [0.2, 0.25) is 0 Å². The Kier molecular flexibility index (Phi) is 2.70. The van der Waals surface area contributed by atoms with Gasteiger partial charge >= 0.3 is 23.9 Å². The fourth-order valence-electron chi connectivity index (χ4n) is 7.51. The summed E-state index contributed by atoms with van der Waals surface area (Å²) < 4.78 is 9.48. The molecule has 0 spiro atoms. The van der Waals surface area contributed by atoms with Crippen molar-refractivity contribution in [2.45, 2.75) is 12.8 Å². The van der Waals surface area contributed by atoms with Crippen molar-refractivity contribution in [1.29, 1.82) is 0 Å². The summed E-state index contributed by atoms with van der Waals surface area (Å²) in [7, 11) is 0. The van der Waals surface area contributed by atoms with Gasteiger partial charge in [0.1, 0.15) is 0 Å². The number of carbonyl (C=O) groups is 4. The van der Waals surface area contributed by atoms with E-state index in [-0.39, 0.29) is 47.5 Å². The molecule has 2 aliphatic heterocycles. The van der Waals surface area contributed by atoms with E-state index >= 15 is 0 Å². The zero-order chi connectivity index (χ0) is 18.9. The summed E-state index contributed by atoms with van der Waals surface area (Å²) in [5.41, 5.74) is 0. The van der Waals surface area contributed by atoms with E-state index in [1.54, 1.807) is 0 Å². The second kappa shape index (κ2) is 4.84. The van der Waals surface area contributed by atoms with E-state index in [0.29, 0.717) is 47.3 Å². The van der Waals surface area contributed by atoms with Crippen molar-refractivity contribution in [3.05, 3.63) is 24.3 Å². The highest BCUT2D eigenvalue weighted by atomic mass is 16.6. The number of hydrogen-bond donors (Lipinski definition) is 0. The van der Waals surface area contributed by atoms with Gasteiger partial charge in [0.15, 0.2) is 0 Å². The molecule has 10 aliphatic rings. The lowest BCUT2D eigenvalue weighted by molar-refractivity contribution is -0.155. The molecular formula is C22H20O6. The summed E-state index contributed by atoms with van der Waals surface area (Å²) in [6, 6.07) is 0. The summed E-state index contributed by atoms with van der Waals surface area (Å²) in [5, 5.41) is 0. The molecule has 0 amide bonds. The summed E-state index contributed by atoms with van der Waals surface area (Å²) in [4.78, 5) is 46.0. The van der Waals surface area contributed by atoms with Gasteiger partial charge in [-0.3, -0.25) is 19.2 Å². The van der Waals surface area contributed by atoms with Gasteiger partial charge < -0.3 is 9.47 Å². The van der Waals surface area contributed by atoms with Crippen molar-refractivity contribution in [2.75, 3.05) is 0 Å². The number of carbonyl (C=O) groups excluding carboxylic acids is 4. The molecule has 6 heteroatoms. The average Bonchev–Trinajstić information content (AvgIpc) is 3.59. The maximum Gasteiger partial charge on any atom is 0.318 e. The molecule has 4 bridgehead atoms. The molecule has 28 heavy (non-hydrogen) atoms. The fourth-order valence-corrected chi connectivity index (χ4v) is 7.51.